The zero-order valence-corrected chi connectivity index (χ0v) is 16.2. The van der Waals surface area contributed by atoms with E-state index in [2.05, 4.69) is 0 Å². The van der Waals surface area contributed by atoms with Gasteiger partial charge in [-0.15, -0.1) is 0 Å². The molecule has 0 unspecified atom stereocenters. The maximum absolute atomic E-state index is 12.6. The number of amides is 2. The van der Waals surface area contributed by atoms with E-state index in [4.69, 9.17) is 14.2 Å². The lowest BCUT2D eigenvalue weighted by atomic mass is 10.2. The smallest absolute Gasteiger partial charge is 0.419 e. The molecule has 3 rings (SSSR count). The van der Waals surface area contributed by atoms with Crippen LogP contribution in [0, 0.1) is 5.92 Å². The van der Waals surface area contributed by atoms with Crippen LogP contribution < -0.4 is 0 Å². The number of esters is 1. The summed E-state index contributed by atoms with van der Waals surface area (Å²) in [6.45, 7) is 1.96. The molecule has 0 bridgehead atoms. The SMILES string of the molecule is CCOC(=O)[C@@H]1C[C@H]1N(C(=O)OCc1ccccc1)C(=O)OCc1ccccc1. The Kier molecular flexibility index (Phi) is 6.84. The van der Waals surface area contributed by atoms with Crippen LogP contribution in [0.5, 0.6) is 0 Å². The maximum Gasteiger partial charge on any atom is 0.419 e. The molecule has 2 aromatic rings. The van der Waals surface area contributed by atoms with Gasteiger partial charge in [0.05, 0.1) is 18.6 Å². The first kappa shape index (κ1) is 20.4. The molecule has 0 aliphatic heterocycles. The van der Waals surface area contributed by atoms with Crippen molar-refractivity contribution in [3.63, 3.8) is 0 Å². The average molecular weight is 397 g/mol. The molecule has 1 aliphatic rings. The third-order valence-electron chi connectivity index (χ3n) is 4.48. The lowest BCUT2D eigenvalue weighted by Crippen LogP contribution is -2.41. The van der Waals surface area contributed by atoms with Crippen LogP contribution in [0.3, 0.4) is 0 Å². The van der Waals surface area contributed by atoms with Gasteiger partial charge < -0.3 is 14.2 Å². The summed E-state index contributed by atoms with van der Waals surface area (Å²) in [7, 11) is 0. The largest absolute Gasteiger partial charge is 0.466 e. The normalized spacial score (nSPS) is 17.1. The van der Waals surface area contributed by atoms with Crippen molar-refractivity contribution < 1.29 is 28.6 Å². The number of nitrogens with zero attached hydrogens (tertiary/aromatic N) is 1. The van der Waals surface area contributed by atoms with Crippen molar-refractivity contribution in [2.75, 3.05) is 6.61 Å². The number of hydrogen-bond acceptors (Lipinski definition) is 6. The van der Waals surface area contributed by atoms with E-state index in [0.29, 0.717) is 6.42 Å². The lowest BCUT2D eigenvalue weighted by Gasteiger charge is -2.20. The highest BCUT2D eigenvalue weighted by atomic mass is 16.6. The van der Waals surface area contributed by atoms with Crippen molar-refractivity contribution in [1.29, 1.82) is 0 Å². The minimum atomic E-state index is -0.844. The van der Waals surface area contributed by atoms with Crippen molar-refractivity contribution in [2.24, 2.45) is 5.92 Å². The molecule has 1 fully saturated rings. The molecule has 0 N–H and O–H groups in total. The van der Waals surface area contributed by atoms with E-state index in [-0.39, 0.29) is 19.8 Å². The first-order valence-electron chi connectivity index (χ1n) is 9.47. The van der Waals surface area contributed by atoms with Crippen molar-refractivity contribution in [1.82, 2.24) is 4.90 Å². The van der Waals surface area contributed by atoms with E-state index in [1.54, 1.807) is 6.92 Å². The van der Waals surface area contributed by atoms with Gasteiger partial charge >= 0.3 is 18.2 Å². The predicted octanol–water partition coefficient (Wildman–Crippen LogP) is 3.91. The Morgan fingerprint density at radius 3 is 1.76 bits per heavy atom. The molecule has 7 heteroatoms. The van der Waals surface area contributed by atoms with E-state index in [1.165, 1.54) is 0 Å². The second-order valence-corrected chi connectivity index (χ2v) is 6.61. The Morgan fingerprint density at radius 1 is 0.828 bits per heavy atom. The van der Waals surface area contributed by atoms with Crippen LogP contribution in [-0.4, -0.2) is 35.7 Å². The van der Waals surface area contributed by atoms with Crippen molar-refractivity contribution in [3.8, 4) is 0 Å². The molecular weight excluding hydrogens is 374 g/mol. The van der Waals surface area contributed by atoms with Gasteiger partial charge in [0.15, 0.2) is 0 Å². The van der Waals surface area contributed by atoms with Crippen molar-refractivity contribution in [2.45, 2.75) is 32.6 Å². The van der Waals surface area contributed by atoms with Crippen LogP contribution in [0.2, 0.25) is 0 Å². The first-order valence-corrected chi connectivity index (χ1v) is 9.47. The number of benzene rings is 2. The van der Waals surface area contributed by atoms with Crippen molar-refractivity contribution >= 4 is 18.2 Å². The Labute approximate surface area is 169 Å². The average Bonchev–Trinajstić information content (AvgIpc) is 3.53. The number of ether oxygens (including phenoxy) is 3. The van der Waals surface area contributed by atoms with E-state index >= 15 is 0 Å². The van der Waals surface area contributed by atoms with Gasteiger partial charge in [-0.3, -0.25) is 4.79 Å². The summed E-state index contributed by atoms with van der Waals surface area (Å²) in [5.41, 5.74) is 1.58. The standard InChI is InChI=1S/C22H23NO6/c1-2-27-20(24)18-13-19(18)23(21(25)28-14-16-9-5-3-6-10-16)22(26)29-15-17-11-7-4-8-12-17/h3-12,18-19H,2,13-15H2,1H3/t18-,19-/m1/s1. The van der Waals surface area contributed by atoms with Crippen molar-refractivity contribution in [3.05, 3.63) is 71.8 Å². The fraction of sp³-hybridized carbons (Fsp3) is 0.318. The van der Waals surface area contributed by atoms with Crippen LogP contribution >= 0.6 is 0 Å². The molecule has 0 aromatic heterocycles. The van der Waals surface area contributed by atoms with Gasteiger partial charge in [0.2, 0.25) is 0 Å². The van der Waals surface area contributed by atoms with Gasteiger partial charge in [-0.1, -0.05) is 60.7 Å². The van der Waals surface area contributed by atoms with Gasteiger partial charge in [-0.25, -0.2) is 14.5 Å². The fourth-order valence-corrected chi connectivity index (χ4v) is 2.89. The minimum Gasteiger partial charge on any atom is -0.466 e. The van der Waals surface area contributed by atoms with Crippen LogP contribution in [-0.2, 0) is 32.2 Å². The van der Waals surface area contributed by atoms with E-state index in [1.807, 2.05) is 60.7 Å². The maximum atomic E-state index is 12.6. The molecule has 0 spiro atoms. The predicted molar refractivity (Wildman–Crippen MR) is 104 cm³/mol. The van der Waals surface area contributed by atoms with Crippen LogP contribution in [0.25, 0.3) is 0 Å². The first-order chi connectivity index (χ1) is 14.1. The molecule has 152 valence electrons. The molecule has 0 saturated heterocycles. The molecule has 1 aliphatic carbocycles. The summed E-state index contributed by atoms with van der Waals surface area (Å²) in [6, 6.07) is 17.6. The summed E-state index contributed by atoms with van der Waals surface area (Å²) >= 11 is 0. The summed E-state index contributed by atoms with van der Waals surface area (Å²) < 4.78 is 15.6. The Hall–Kier alpha value is -3.35. The minimum absolute atomic E-state index is 0.0128. The molecule has 2 atom stereocenters. The zero-order chi connectivity index (χ0) is 20.6. The van der Waals surface area contributed by atoms with E-state index in [9.17, 15) is 14.4 Å². The monoisotopic (exact) mass is 397 g/mol. The Morgan fingerprint density at radius 2 is 1.31 bits per heavy atom. The number of hydrogen-bond donors (Lipinski definition) is 0. The number of carbonyl (C=O) groups excluding carboxylic acids is 3. The van der Waals surface area contributed by atoms with Gasteiger partial charge in [0, 0.05) is 0 Å². The highest BCUT2D eigenvalue weighted by molar-refractivity contribution is 5.90. The van der Waals surface area contributed by atoms with Crippen LogP contribution in [0.1, 0.15) is 24.5 Å². The molecule has 2 amide bonds. The molecule has 29 heavy (non-hydrogen) atoms. The summed E-state index contributed by atoms with van der Waals surface area (Å²) in [5.74, 6) is -0.988. The number of rotatable bonds is 7. The lowest BCUT2D eigenvalue weighted by molar-refractivity contribution is -0.145. The van der Waals surface area contributed by atoms with Crippen LogP contribution in [0.4, 0.5) is 9.59 Å². The molecule has 2 aromatic carbocycles. The van der Waals surface area contributed by atoms with Gasteiger partial charge in [-0.05, 0) is 24.5 Å². The highest BCUT2D eigenvalue weighted by Gasteiger charge is 2.53. The highest BCUT2D eigenvalue weighted by Crippen LogP contribution is 2.38. The molecule has 7 nitrogen and oxygen atoms in total. The number of imide groups is 1. The summed E-state index contributed by atoms with van der Waals surface area (Å²) in [5, 5.41) is 0. The summed E-state index contributed by atoms with van der Waals surface area (Å²) in [6.07, 6.45) is -1.35. The molecule has 0 radical (unpaired) electrons. The van der Waals surface area contributed by atoms with Gasteiger partial charge in [-0.2, -0.15) is 0 Å². The fourth-order valence-electron chi connectivity index (χ4n) is 2.89. The second kappa shape index (κ2) is 9.73. The molecule has 0 heterocycles. The van der Waals surface area contributed by atoms with Gasteiger partial charge in [0.25, 0.3) is 0 Å². The van der Waals surface area contributed by atoms with Gasteiger partial charge in [0.1, 0.15) is 13.2 Å². The third-order valence-corrected chi connectivity index (χ3v) is 4.48. The van der Waals surface area contributed by atoms with Crippen LogP contribution in [0.15, 0.2) is 60.7 Å². The second-order valence-electron chi connectivity index (χ2n) is 6.61. The number of carbonyl (C=O) groups is 3. The Bertz CT molecular complexity index is 783. The molecular formula is C22H23NO6. The van der Waals surface area contributed by atoms with E-state index in [0.717, 1.165) is 16.0 Å². The molecule has 1 saturated carbocycles. The zero-order valence-electron chi connectivity index (χ0n) is 16.2. The third kappa shape index (κ3) is 5.57. The Balaban J connectivity index is 1.65. The summed E-state index contributed by atoms with van der Waals surface area (Å²) in [4.78, 5) is 38.1. The topological polar surface area (TPSA) is 82.1 Å². The van der Waals surface area contributed by atoms with E-state index < -0.39 is 30.1 Å². The quantitative estimate of drug-likeness (QED) is 0.520.